The second-order valence-corrected chi connectivity index (χ2v) is 4.45. The number of benzene rings is 1. The number of fused-ring (bicyclic) bond motifs is 1. The first kappa shape index (κ1) is 8.39. The molecule has 1 aromatic rings. The Morgan fingerprint density at radius 2 is 2.25 bits per heavy atom. The van der Waals surface area contributed by atoms with Crippen molar-refractivity contribution in [2.45, 2.75) is 11.3 Å². The van der Waals surface area contributed by atoms with Crippen LogP contribution in [0.5, 0.6) is 0 Å². The molecule has 1 aliphatic carbocycles. The van der Waals surface area contributed by atoms with Gasteiger partial charge < -0.3 is 0 Å². The molecule has 2 rings (SSSR count). The van der Waals surface area contributed by atoms with E-state index in [-0.39, 0.29) is 0 Å². The maximum absolute atomic E-state index is 3.56. The molecule has 0 bridgehead atoms. The highest BCUT2D eigenvalue weighted by Gasteiger charge is 2.11. The second kappa shape index (κ2) is 3.27. The van der Waals surface area contributed by atoms with Gasteiger partial charge in [-0.1, -0.05) is 28.1 Å². The van der Waals surface area contributed by atoms with Crippen LogP contribution in [0.1, 0.15) is 11.1 Å². The van der Waals surface area contributed by atoms with Crippen molar-refractivity contribution < 1.29 is 0 Å². The van der Waals surface area contributed by atoms with E-state index in [1.807, 2.05) is 11.8 Å². The Morgan fingerprint density at radius 3 is 3.00 bits per heavy atom. The third-order valence-electron chi connectivity index (χ3n) is 2.09. The summed E-state index contributed by atoms with van der Waals surface area (Å²) in [6.45, 7) is 0. The molecular weight excluding hydrogens is 232 g/mol. The van der Waals surface area contributed by atoms with E-state index in [1.165, 1.54) is 20.5 Å². The molecule has 0 heterocycles. The van der Waals surface area contributed by atoms with Crippen LogP contribution in [-0.4, -0.2) is 6.26 Å². The Bertz CT molecular complexity index is 342. The van der Waals surface area contributed by atoms with Crippen molar-refractivity contribution >= 4 is 33.8 Å². The molecule has 0 unspecified atom stereocenters. The summed E-state index contributed by atoms with van der Waals surface area (Å²) in [6, 6.07) is 4.31. The molecule has 0 radical (unpaired) electrons. The summed E-state index contributed by atoms with van der Waals surface area (Å²) in [5.74, 6) is 0. The maximum Gasteiger partial charge on any atom is 0.0217 e. The van der Waals surface area contributed by atoms with Crippen LogP contribution >= 0.6 is 27.7 Å². The Hall–Kier alpha value is -0.210. The molecule has 0 aliphatic heterocycles. The van der Waals surface area contributed by atoms with Crippen molar-refractivity contribution in [1.82, 2.24) is 0 Å². The van der Waals surface area contributed by atoms with Gasteiger partial charge in [-0.25, -0.2) is 0 Å². The number of hydrogen-bond donors (Lipinski definition) is 0. The van der Waals surface area contributed by atoms with Gasteiger partial charge in [0.2, 0.25) is 0 Å². The summed E-state index contributed by atoms with van der Waals surface area (Å²) in [7, 11) is 0. The van der Waals surface area contributed by atoms with Gasteiger partial charge in [-0.3, -0.25) is 0 Å². The topological polar surface area (TPSA) is 0 Å². The molecule has 0 spiro atoms. The minimum atomic E-state index is 1.07. The molecule has 62 valence electrons. The lowest BCUT2D eigenvalue weighted by Crippen LogP contribution is -1.86. The van der Waals surface area contributed by atoms with Gasteiger partial charge in [-0.05, 0) is 35.9 Å². The van der Waals surface area contributed by atoms with E-state index in [9.17, 15) is 0 Å². The highest BCUT2D eigenvalue weighted by Crippen LogP contribution is 2.34. The molecular formula is C10H9BrS. The van der Waals surface area contributed by atoms with Crippen molar-refractivity contribution in [3.63, 3.8) is 0 Å². The number of thioether (sulfide) groups is 1. The third kappa shape index (κ3) is 1.23. The molecule has 1 aliphatic rings. The minimum absolute atomic E-state index is 1.07. The second-order valence-electron chi connectivity index (χ2n) is 2.75. The summed E-state index contributed by atoms with van der Waals surface area (Å²) < 4.78 is 1.24. The number of rotatable bonds is 1. The molecule has 0 saturated carbocycles. The summed E-state index contributed by atoms with van der Waals surface area (Å²) >= 11 is 5.37. The van der Waals surface area contributed by atoms with E-state index in [0.717, 1.165) is 6.42 Å². The zero-order valence-electron chi connectivity index (χ0n) is 6.80. The fourth-order valence-corrected chi connectivity index (χ4v) is 2.60. The molecule has 0 amide bonds. The van der Waals surface area contributed by atoms with Crippen LogP contribution in [0.15, 0.2) is 27.6 Å². The SMILES string of the molecule is CSc1ccc(Br)c2c1C=CC2. The van der Waals surface area contributed by atoms with Crippen LogP contribution in [0.3, 0.4) is 0 Å². The summed E-state index contributed by atoms with van der Waals surface area (Å²) in [6.07, 6.45) is 7.63. The first-order valence-electron chi connectivity index (χ1n) is 3.85. The Balaban J connectivity index is 2.62. The van der Waals surface area contributed by atoms with Crippen LogP contribution in [0.2, 0.25) is 0 Å². The Kier molecular flexibility index (Phi) is 2.28. The first-order valence-corrected chi connectivity index (χ1v) is 5.86. The van der Waals surface area contributed by atoms with E-state index in [2.05, 4.69) is 46.5 Å². The summed E-state index contributed by atoms with van der Waals surface area (Å²) in [5, 5.41) is 0. The van der Waals surface area contributed by atoms with Crippen LogP contribution in [0, 0.1) is 0 Å². The average molecular weight is 241 g/mol. The van der Waals surface area contributed by atoms with Gasteiger partial charge in [-0.15, -0.1) is 11.8 Å². The average Bonchev–Trinajstić information content (AvgIpc) is 2.54. The summed E-state index contributed by atoms with van der Waals surface area (Å²) in [5.41, 5.74) is 2.83. The molecule has 0 nitrogen and oxygen atoms in total. The van der Waals surface area contributed by atoms with Gasteiger partial charge in [0.15, 0.2) is 0 Å². The molecule has 2 heteroatoms. The number of hydrogen-bond acceptors (Lipinski definition) is 1. The van der Waals surface area contributed by atoms with Crippen LogP contribution in [0.4, 0.5) is 0 Å². The van der Waals surface area contributed by atoms with E-state index < -0.39 is 0 Å². The van der Waals surface area contributed by atoms with E-state index in [0.29, 0.717) is 0 Å². The normalized spacial score (nSPS) is 13.5. The highest BCUT2D eigenvalue weighted by molar-refractivity contribution is 9.10. The largest absolute Gasteiger partial charge is 0.129 e. The van der Waals surface area contributed by atoms with E-state index in [4.69, 9.17) is 0 Å². The van der Waals surface area contributed by atoms with Gasteiger partial charge in [-0.2, -0.15) is 0 Å². The van der Waals surface area contributed by atoms with E-state index in [1.54, 1.807) is 0 Å². The molecule has 0 saturated heterocycles. The molecule has 0 aromatic heterocycles. The van der Waals surface area contributed by atoms with Crippen LogP contribution in [0.25, 0.3) is 6.08 Å². The van der Waals surface area contributed by atoms with Crippen molar-refractivity contribution in [2.24, 2.45) is 0 Å². The summed E-state index contributed by atoms with van der Waals surface area (Å²) in [4.78, 5) is 1.38. The van der Waals surface area contributed by atoms with Gasteiger partial charge in [0.25, 0.3) is 0 Å². The smallest absolute Gasteiger partial charge is 0.0217 e. The molecule has 0 N–H and O–H groups in total. The van der Waals surface area contributed by atoms with Crippen LogP contribution < -0.4 is 0 Å². The Morgan fingerprint density at radius 1 is 1.42 bits per heavy atom. The van der Waals surface area contributed by atoms with Crippen LogP contribution in [-0.2, 0) is 6.42 Å². The fourth-order valence-electron chi connectivity index (χ4n) is 1.48. The quantitative estimate of drug-likeness (QED) is 0.675. The Labute approximate surface area is 85.2 Å². The molecule has 0 atom stereocenters. The zero-order chi connectivity index (χ0) is 8.55. The predicted molar refractivity (Wildman–Crippen MR) is 58.7 cm³/mol. The van der Waals surface area contributed by atoms with Crippen molar-refractivity contribution in [2.75, 3.05) is 6.26 Å². The highest BCUT2D eigenvalue weighted by atomic mass is 79.9. The predicted octanol–water partition coefficient (Wildman–Crippen LogP) is 3.74. The lowest BCUT2D eigenvalue weighted by Gasteiger charge is -2.06. The zero-order valence-corrected chi connectivity index (χ0v) is 9.21. The lowest BCUT2D eigenvalue weighted by molar-refractivity contribution is 1.24. The van der Waals surface area contributed by atoms with Gasteiger partial charge >= 0.3 is 0 Å². The number of halogens is 1. The lowest BCUT2D eigenvalue weighted by atomic mass is 10.1. The molecule has 12 heavy (non-hydrogen) atoms. The van der Waals surface area contributed by atoms with Crippen molar-refractivity contribution in [3.05, 3.63) is 33.8 Å². The van der Waals surface area contributed by atoms with Gasteiger partial charge in [0.05, 0.1) is 0 Å². The minimum Gasteiger partial charge on any atom is -0.129 e. The van der Waals surface area contributed by atoms with Gasteiger partial charge in [0, 0.05) is 9.37 Å². The third-order valence-corrected chi connectivity index (χ3v) is 3.63. The van der Waals surface area contributed by atoms with E-state index >= 15 is 0 Å². The monoisotopic (exact) mass is 240 g/mol. The van der Waals surface area contributed by atoms with Crippen molar-refractivity contribution in [1.29, 1.82) is 0 Å². The first-order chi connectivity index (χ1) is 5.83. The maximum atomic E-state index is 3.56. The van der Waals surface area contributed by atoms with Crippen molar-refractivity contribution in [3.8, 4) is 0 Å². The number of allylic oxidation sites excluding steroid dienone is 1. The standard InChI is InChI=1S/C10H9BrS/c1-12-10-6-5-9(11)7-3-2-4-8(7)10/h2,4-6H,3H2,1H3. The van der Waals surface area contributed by atoms with Gasteiger partial charge in [0.1, 0.15) is 0 Å². The molecule has 1 aromatic carbocycles. The fraction of sp³-hybridized carbons (Fsp3) is 0.200. The molecule has 0 fully saturated rings.